The normalized spacial score (nSPS) is 9.36. The fourth-order valence-corrected chi connectivity index (χ4v) is 0.142. The molecule has 0 radical (unpaired) electrons. The van der Waals surface area contributed by atoms with Gasteiger partial charge in [-0.2, -0.15) is 4.21 Å². The molecule has 0 saturated heterocycles. The molecule has 0 heterocycles. The van der Waals surface area contributed by atoms with Crippen molar-refractivity contribution in [3.63, 3.8) is 0 Å². The monoisotopic (exact) mass is 203 g/mol. The maximum atomic E-state index is 9.60. The molecule has 0 aliphatic rings. The summed E-state index contributed by atoms with van der Waals surface area (Å²) >= 11 is 3.47. The Kier molecular flexibility index (Phi) is 7.52. The molecule has 6 nitrogen and oxygen atoms in total. The predicted octanol–water partition coefficient (Wildman–Crippen LogP) is -0.220. The average molecular weight is 203 g/mol. The van der Waals surface area contributed by atoms with Crippen molar-refractivity contribution in [2.24, 2.45) is 5.73 Å². The van der Waals surface area contributed by atoms with Gasteiger partial charge < -0.3 is 10.5 Å². The van der Waals surface area contributed by atoms with E-state index < -0.39 is 15.1 Å². The lowest BCUT2D eigenvalue weighted by Gasteiger charge is -1.89. The van der Waals surface area contributed by atoms with Gasteiger partial charge in [-0.15, -0.1) is 0 Å². The molecule has 0 saturated carbocycles. The molecule has 0 aromatic carbocycles. The molecule has 0 fully saturated rings. The second kappa shape index (κ2) is 6.28. The van der Waals surface area contributed by atoms with Crippen LogP contribution in [0.2, 0.25) is 0 Å². The topological polar surface area (TPSA) is 110 Å². The molecule has 0 aromatic rings. The molecule has 0 unspecified atom stereocenters. The van der Waals surface area contributed by atoms with Crippen LogP contribution in [-0.4, -0.2) is 26.0 Å². The number of hydrogen-bond donors (Lipinski definition) is 3. The summed E-state index contributed by atoms with van der Waals surface area (Å²) in [6, 6.07) is 0. The van der Waals surface area contributed by atoms with Gasteiger partial charge in [0.25, 0.3) is 9.05 Å². The van der Waals surface area contributed by atoms with Crippen LogP contribution in [0, 0.1) is 0 Å². The minimum Gasteiger partial charge on any atom is -0.450 e. The van der Waals surface area contributed by atoms with Gasteiger partial charge in [0.15, 0.2) is 0 Å². The third-order valence-electron chi connectivity index (χ3n) is 0.287. The van der Waals surface area contributed by atoms with Gasteiger partial charge in [-0.05, 0) is 6.92 Å². The number of primary amides is 1. The molecule has 0 spiro atoms. The Morgan fingerprint density at radius 3 is 2.00 bits per heavy atom. The second-order valence-electron chi connectivity index (χ2n) is 1.20. The minimum atomic E-state index is -3.83. The third kappa shape index (κ3) is 83.4. The van der Waals surface area contributed by atoms with Crippen molar-refractivity contribution in [3.05, 3.63) is 0 Å². The van der Waals surface area contributed by atoms with E-state index in [-0.39, 0.29) is 0 Å². The molecule has 11 heavy (non-hydrogen) atoms. The van der Waals surface area contributed by atoms with Crippen LogP contribution in [0.1, 0.15) is 6.92 Å². The average Bonchev–Trinajstić information content (AvgIpc) is 1.58. The van der Waals surface area contributed by atoms with E-state index in [2.05, 4.69) is 21.7 Å². The van der Waals surface area contributed by atoms with Crippen molar-refractivity contribution in [1.82, 2.24) is 0 Å². The zero-order valence-corrected chi connectivity index (χ0v) is 7.35. The Balaban J connectivity index is 0. The van der Waals surface area contributed by atoms with E-state index in [0.29, 0.717) is 6.61 Å². The van der Waals surface area contributed by atoms with Gasteiger partial charge in [0.05, 0.1) is 6.61 Å². The highest BCUT2D eigenvalue weighted by molar-refractivity contribution is 8.26. The van der Waals surface area contributed by atoms with Gasteiger partial charge in [0, 0.05) is 11.2 Å². The lowest BCUT2D eigenvalue weighted by molar-refractivity contribution is 0.163. The molecular weight excluding hydrogens is 194 g/mol. The number of rotatable bonds is 1. The first kappa shape index (κ1) is 13.2. The minimum absolute atomic E-state index is 0.356. The molecule has 0 rings (SSSR count). The molecule has 8 heteroatoms. The second-order valence-corrected chi connectivity index (χ2v) is 3.40. The number of ether oxygens (including phenoxy) is 1. The van der Waals surface area contributed by atoms with E-state index in [9.17, 15) is 4.79 Å². The van der Waals surface area contributed by atoms with Crippen LogP contribution in [0.3, 0.4) is 0 Å². The molecule has 0 aliphatic carbocycles. The van der Waals surface area contributed by atoms with Crippen molar-refractivity contribution in [2.45, 2.75) is 6.92 Å². The van der Waals surface area contributed by atoms with Gasteiger partial charge in [-0.25, -0.2) is 4.79 Å². The Morgan fingerprint density at radius 2 is 2.00 bits per heavy atom. The Hall–Kier alpha value is -0.440. The summed E-state index contributed by atoms with van der Waals surface area (Å²) in [6.45, 7) is 2.06. The SMILES string of the molecule is CCOC(N)=O.O=S(O)(O)=S. The molecule has 68 valence electrons. The number of carbonyl (C=O) groups excluding carboxylic acids is 1. The van der Waals surface area contributed by atoms with Crippen LogP contribution in [0.15, 0.2) is 0 Å². The van der Waals surface area contributed by atoms with Crippen LogP contribution in [-0.2, 0) is 25.0 Å². The zero-order chi connectivity index (χ0) is 9.49. The molecule has 0 aromatic heterocycles. The molecule has 0 bridgehead atoms. The highest BCUT2D eigenvalue weighted by Crippen LogP contribution is 1.66. The number of amides is 1. The smallest absolute Gasteiger partial charge is 0.404 e. The Bertz CT molecular complexity index is 190. The van der Waals surface area contributed by atoms with E-state index in [1.807, 2.05) is 0 Å². The van der Waals surface area contributed by atoms with Crippen LogP contribution in [0.25, 0.3) is 0 Å². The Morgan fingerprint density at radius 1 is 1.73 bits per heavy atom. The van der Waals surface area contributed by atoms with Gasteiger partial charge in [0.1, 0.15) is 0 Å². The molecule has 0 atom stereocenters. The highest BCUT2D eigenvalue weighted by Gasteiger charge is 1.82. The lowest BCUT2D eigenvalue weighted by atomic mass is 10.9. The summed E-state index contributed by atoms with van der Waals surface area (Å²) in [6.07, 6.45) is -0.711. The van der Waals surface area contributed by atoms with Gasteiger partial charge in [-0.3, -0.25) is 9.11 Å². The first-order chi connectivity index (χ1) is 4.77. The van der Waals surface area contributed by atoms with E-state index in [1.54, 1.807) is 6.92 Å². The van der Waals surface area contributed by atoms with Crippen LogP contribution >= 0.6 is 0 Å². The van der Waals surface area contributed by atoms with Gasteiger partial charge >= 0.3 is 6.09 Å². The number of hydrogen-bond acceptors (Lipinski definition) is 4. The molecule has 1 amide bonds. The summed E-state index contributed by atoms with van der Waals surface area (Å²) in [4.78, 5) is 9.60. The summed E-state index contributed by atoms with van der Waals surface area (Å²) in [5, 5.41) is 0. The fraction of sp³-hybridized carbons (Fsp3) is 0.667. The standard InChI is InChI=1S/C3H7NO2.H2O3S2/c1-2-6-3(4)5;1-5(2,3)4/h2H2,1H3,(H2,4,5);(H2,1,2,3,4). The lowest BCUT2D eigenvalue weighted by Crippen LogP contribution is -2.11. The van der Waals surface area contributed by atoms with Crippen LogP contribution < -0.4 is 5.73 Å². The summed E-state index contributed by atoms with van der Waals surface area (Å²) in [5.74, 6) is 0. The predicted molar refractivity (Wildman–Crippen MR) is 42.0 cm³/mol. The summed E-state index contributed by atoms with van der Waals surface area (Å²) in [7, 11) is -3.83. The van der Waals surface area contributed by atoms with Crippen molar-refractivity contribution < 1.29 is 22.8 Å². The van der Waals surface area contributed by atoms with E-state index >= 15 is 0 Å². The molecular formula is C3H9NO5S2. The maximum Gasteiger partial charge on any atom is 0.404 e. The van der Waals surface area contributed by atoms with Crippen molar-refractivity contribution >= 4 is 26.3 Å². The van der Waals surface area contributed by atoms with E-state index in [0.717, 1.165) is 0 Å². The number of nitrogens with two attached hydrogens (primary N) is 1. The number of carbonyl (C=O) groups is 1. The quantitative estimate of drug-likeness (QED) is 0.543. The maximum absolute atomic E-state index is 9.60. The largest absolute Gasteiger partial charge is 0.450 e. The summed E-state index contributed by atoms with van der Waals surface area (Å²) < 4.78 is 28.1. The third-order valence-corrected chi connectivity index (χ3v) is 0.287. The first-order valence-corrected chi connectivity index (χ1v) is 4.79. The zero-order valence-electron chi connectivity index (χ0n) is 5.72. The van der Waals surface area contributed by atoms with Crippen molar-refractivity contribution in [1.29, 1.82) is 0 Å². The highest BCUT2D eigenvalue weighted by atomic mass is 32.9. The van der Waals surface area contributed by atoms with Crippen LogP contribution in [0.5, 0.6) is 0 Å². The van der Waals surface area contributed by atoms with Crippen molar-refractivity contribution in [3.8, 4) is 0 Å². The first-order valence-electron chi connectivity index (χ1n) is 2.39. The van der Waals surface area contributed by atoms with E-state index in [1.165, 1.54) is 0 Å². The summed E-state index contributed by atoms with van der Waals surface area (Å²) in [5.41, 5.74) is 4.54. The van der Waals surface area contributed by atoms with E-state index in [4.69, 9.17) is 13.3 Å². The Labute approximate surface area is 69.0 Å². The van der Waals surface area contributed by atoms with Crippen LogP contribution in [0.4, 0.5) is 4.79 Å². The fourth-order valence-electron chi connectivity index (χ4n) is 0.142. The molecule has 0 aliphatic heterocycles. The molecule has 4 N–H and O–H groups in total. The van der Waals surface area contributed by atoms with Gasteiger partial charge in [0.2, 0.25) is 0 Å². The van der Waals surface area contributed by atoms with Gasteiger partial charge in [-0.1, -0.05) is 0 Å². The van der Waals surface area contributed by atoms with Crippen molar-refractivity contribution in [2.75, 3.05) is 6.61 Å².